The van der Waals surface area contributed by atoms with Gasteiger partial charge < -0.3 is 9.84 Å². The fourth-order valence-electron chi connectivity index (χ4n) is 2.93. The number of benzene rings is 2. The number of aliphatic hydroxyl groups is 1. The number of alkyl halides is 3. The van der Waals surface area contributed by atoms with Crippen LogP contribution in [0.25, 0.3) is 0 Å². The fraction of sp³-hybridized carbons (Fsp3) is 0.294. The van der Waals surface area contributed by atoms with Crippen LogP contribution < -0.4 is 4.74 Å². The van der Waals surface area contributed by atoms with Crippen molar-refractivity contribution in [3.8, 4) is 11.5 Å². The maximum absolute atomic E-state index is 12.8. The van der Waals surface area contributed by atoms with E-state index in [0.717, 1.165) is 24.1 Å². The fourth-order valence-corrected chi connectivity index (χ4v) is 2.93. The van der Waals surface area contributed by atoms with E-state index in [1.807, 2.05) is 0 Å². The maximum atomic E-state index is 12.8. The summed E-state index contributed by atoms with van der Waals surface area (Å²) in [7, 11) is 0. The number of fused-ring (bicyclic) bond motifs is 1. The van der Waals surface area contributed by atoms with Crippen LogP contribution in [-0.2, 0) is 12.6 Å². The summed E-state index contributed by atoms with van der Waals surface area (Å²) in [6.45, 7) is 0. The van der Waals surface area contributed by atoms with Gasteiger partial charge in [-0.1, -0.05) is 12.1 Å². The third-order valence-corrected chi connectivity index (χ3v) is 4.14. The second-order valence-corrected chi connectivity index (χ2v) is 5.77. The first-order chi connectivity index (χ1) is 11.8. The molecule has 2 aromatic carbocycles. The molecule has 0 aliphatic heterocycles. The lowest BCUT2D eigenvalue weighted by Gasteiger charge is -2.23. The number of nitrogens with zero attached hydrogens (tertiary/aromatic N) is 1. The van der Waals surface area contributed by atoms with E-state index in [9.17, 15) is 28.4 Å². The highest BCUT2D eigenvalue weighted by Gasteiger charge is 2.33. The normalized spacial score (nSPS) is 17.0. The van der Waals surface area contributed by atoms with E-state index in [2.05, 4.69) is 0 Å². The van der Waals surface area contributed by atoms with Crippen molar-refractivity contribution < 1.29 is 27.9 Å². The molecule has 8 heteroatoms. The molecule has 1 aliphatic rings. The van der Waals surface area contributed by atoms with E-state index in [0.29, 0.717) is 30.2 Å². The van der Waals surface area contributed by atoms with E-state index < -0.39 is 28.5 Å². The lowest BCUT2D eigenvalue weighted by molar-refractivity contribution is -0.385. The zero-order valence-corrected chi connectivity index (χ0v) is 12.9. The van der Waals surface area contributed by atoms with E-state index >= 15 is 0 Å². The number of hydrogen-bond donors (Lipinski definition) is 1. The summed E-state index contributed by atoms with van der Waals surface area (Å²) in [4.78, 5) is 10.2. The molecule has 132 valence electrons. The highest BCUT2D eigenvalue weighted by atomic mass is 19.4. The minimum absolute atomic E-state index is 0.272. The Balaban J connectivity index is 2.02. The smallest absolute Gasteiger partial charge is 0.416 e. The average molecular weight is 353 g/mol. The third kappa shape index (κ3) is 3.43. The van der Waals surface area contributed by atoms with Gasteiger partial charge in [-0.25, -0.2) is 0 Å². The van der Waals surface area contributed by atoms with Crippen LogP contribution >= 0.6 is 0 Å². The van der Waals surface area contributed by atoms with Crippen molar-refractivity contribution in [3.05, 3.63) is 63.2 Å². The molecule has 0 unspecified atom stereocenters. The number of nitro groups is 1. The summed E-state index contributed by atoms with van der Waals surface area (Å²) in [6.07, 6.45) is -3.37. The Hall–Kier alpha value is -2.61. The molecule has 0 bridgehead atoms. The van der Waals surface area contributed by atoms with Crippen LogP contribution in [0.15, 0.2) is 36.4 Å². The van der Waals surface area contributed by atoms with Crippen molar-refractivity contribution in [1.82, 2.24) is 0 Å². The zero-order valence-electron chi connectivity index (χ0n) is 12.9. The molecule has 3 rings (SSSR count). The third-order valence-electron chi connectivity index (χ3n) is 4.14. The van der Waals surface area contributed by atoms with Gasteiger partial charge in [0.15, 0.2) is 0 Å². The lowest BCUT2D eigenvalue weighted by atomic mass is 9.89. The summed E-state index contributed by atoms with van der Waals surface area (Å²) in [5.74, 6) is 0.0329. The van der Waals surface area contributed by atoms with Crippen LogP contribution in [0.3, 0.4) is 0 Å². The summed E-state index contributed by atoms with van der Waals surface area (Å²) >= 11 is 0. The molecular weight excluding hydrogens is 339 g/mol. The highest BCUT2D eigenvalue weighted by molar-refractivity contribution is 5.53. The minimum atomic E-state index is -4.68. The maximum Gasteiger partial charge on any atom is 0.416 e. The van der Waals surface area contributed by atoms with Crippen molar-refractivity contribution in [2.75, 3.05) is 0 Å². The van der Waals surface area contributed by atoms with Crippen LogP contribution in [0.4, 0.5) is 18.9 Å². The highest BCUT2D eigenvalue weighted by Crippen LogP contribution is 2.41. The van der Waals surface area contributed by atoms with Crippen LogP contribution in [0, 0.1) is 10.1 Å². The molecule has 1 aliphatic carbocycles. The lowest BCUT2D eigenvalue weighted by Crippen LogP contribution is -2.10. The molecule has 5 nitrogen and oxygen atoms in total. The Morgan fingerprint density at radius 2 is 1.96 bits per heavy atom. The monoisotopic (exact) mass is 353 g/mol. The molecule has 1 N–H and O–H groups in total. The van der Waals surface area contributed by atoms with Gasteiger partial charge in [0.25, 0.3) is 0 Å². The molecule has 0 aromatic heterocycles. The van der Waals surface area contributed by atoms with Crippen molar-refractivity contribution >= 4 is 5.69 Å². The number of halogens is 3. The van der Waals surface area contributed by atoms with Crippen molar-refractivity contribution in [2.45, 2.75) is 31.5 Å². The minimum Gasteiger partial charge on any atom is -0.450 e. The predicted octanol–water partition coefficient (Wildman–Crippen LogP) is 4.78. The summed E-state index contributed by atoms with van der Waals surface area (Å²) in [5.41, 5.74) is -0.477. The Labute approximate surface area is 140 Å². The predicted molar refractivity (Wildman–Crippen MR) is 82.5 cm³/mol. The van der Waals surface area contributed by atoms with Gasteiger partial charge in [-0.3, -0.25) is 10.1 Å². The van der Waals surface area contributed by atoms with Crippen molar-refractivity contribution in [1.29, 1.82) is 0 Å². The quantitative estimate of drug-likeness (QED) is 0.637. The SMILES string of the molecule is O=[N+]([O-])c1cc(C(F)(F)F)ccc1Oc1cccc2c1CCC[C@H]2O. The number of rotatable bonds is 3. The standard InChI is InChI=1S/C17H14F3NO4/c18-17(19,20)10-7-8-16(13(9-10)21(23)24)25-15-6-2-3-11-12(15)4-1-5-14(11)22/h2-3,6-9,14,22H,1,4-5H2/t14-/m1/s1. The topological polar surface area (TPSA) is 72.6 Å². The Kier molecular flexibility index (Phi) is 4.38. The van der Waals surface area contributed by atoms with Gasteiger partial charge in [0.1, 0.15) is 5.75 Å². The molecule has 0 amide bonds. The molecule has 0 heterocycles. The van der Waals surface area contributed by atoms with Gasteiger partial charge in [-0.15, -0.1) is 0 Å². The Morgan fingerprint density at radius 1 is 1.20 bits per heavy atom. The molecule has 0 saturated carbocycles. The molecule has 1 atom stereocenters. The van der Waals surface area contributed by atoms with Gasteiger partial charge in [0.05, 0.1) is 16.6 Å². The molecule has 25 heavy (non-hydrogen) atoms. The number of hydrogen-bond acceptors (Lipinski definition) is 4. The molecule has 2 aromatic rings. The van der Waals surface area contributed by atoms with Crippen molar-refractivity contribution in [2.24, 2.45) is 0 Å². The van der Waals surface area contributed by atoms with Crippen LogP contribution in [0.1, 0.15) is 35.6 Å². The summed E-state index contributed by atoms with van der Waals surface area (Å²) < 4.78 is 43.9. The van der Waals surface area contributed by atoms with E-state index in [-0.39, 0.29) is 5.75 Å². The largest absolute Gasteiger partial charge is 0.450 e. The summed E-state index contributed by atoms with van der Waals surface area (Å²) in [5, 5.41) is 21.2. The molecule has 0 radical (unpaired) electrons. The number of aliphatic hydroxyl groups excluding tert-OH is 1. The zero-order chi connectivity index (χ0) is 18.2. The van der Waals surface area contributed by atoms with Gasteiger partial charge in [-0.05, 0) is 43.0 Å². The second kappa shape index (κ2) is 6.36. The summed E-state index contributed by atoms with van der Waals surface area (Å²) in [6, 6.07) is 7.11. The van der Waals surface area contributed by atoms with Gasteiger partial charge >= 0.3 is 11.9 Å². The van der Waals surface area contributed by atoms with Crippen LogP contribution in [-0.4, -0.2) is 10.0 Å². The average Bonchev–Trinajstić information content (AvgIpc) is 2.55. The van der Waals surface area contributed by atoms with E-state index in [1.165, 1.54) is 0 Å². The van der Waals surface area contributed by atoms with Gasteiger partial charge in [-0.2, -0.15) is 13.2 Å². The number of ether oxygens (including phenoxy) is 1. The van der Waals surface area contributed by atoms with Crippen LogP contribution in [0.2, 0.25) is 0 Å². The molecule has 0 saturated heterocycles. The van der Waals surface area contributed by atoms with Crippen LogP contribution in [0.5, 0.6) is 11.5 Å². The number of nitro benzene ring substituents is 1. The molecule has 0 fully saturated rings. The molecule has 0 spiro atoms. The second-order valence-electron chi connectivity index (χ2n) is 5.77. The first-order valence-corrected chi connectivity index (χ1v) is 7.60. The van der Waals surface area contributed by atoms with Crippen molar-refractivity contribution in [3.63, 3.8) is 0 Å². The van der Waals surface area contributed by atoms with Gasteiger partial charge in [0, 0.05) is 11.6 Å². The Bertz CT molecular complexity index is 820. The first kappa shape index (κ1) is 17.2. The van der Waals surface area contributed by atoms with Gasteiger partial charge in [0.2, 0.25) is 5.75 Å². The van der Waals surface area contributed by atoms with E-state index in [1.54, 1.807) is 18.2 Å². The molecular formula is C17H14F3NO4. The first-order valence-electron chi connectivity index (χ1n) is 7.60. The Morgan fingerprint density at radius 3 is 2.64 bits per heavy atom. The van der Waals surface area contributed by atoms with E-state index in [4.69, 9.17) is 4.74 Å².